The van der Waals surface area contributed by atoms with Crippen LogP contribution in [0, 0.1) is 22.0 Å². The third kappa shape index (κ3) is 2.80. The van der Waals surface area contributed by atoms with Gasteiger partial charge < -0.3 is 5.32 Å². The fourth-order valence-corrected chi connectivity index (χ4v) is 1.83. The number of anilines is 1. The summed E-state index contributed by atoms with van der Waals surface area (Å²) in [5.74, 6) is 5.71. The van der Waals surface area contributed by atoms with Gasteiger partial charge in [0, 0.05) is 18.4 Å². The molecule has 0 aliphatic rings. The summed E-state index contributed by atoms with van der Waals surface area (Å²) in [6.45, 7) is 2.33. The van der Waals surface area contributed by atoms with E-state index in [4.69, 9.17) is 0 Å². The average molecular weight is 255 g/mol. The maximum atomic E-state index is 11.1. The minimum absolute atomic E-state index is 0.0110. The van der Waals surface area contributed by atoms with Gasteiger partial charge in [-0.2, -0.15) is 0 Å². The van der Waals surface area contributed by atoms with E-state index in [1.54, 1.807) is 6.92 Å². The van der Waals surface area contributed by atoms with E-state index >= 15 is 0 Å². The maximum Gasteiger partial charge on any atom is 0.311 e. The van der Waals surface area contributed by atoms with Crippen molar-refractivity contribution in [1.82, 2.24) is 4.98 Å². The molecular weight excluding hydrogens is 242 g/mol. The lowest BCUT2D eigenvalue weighted by Gasteiger charge is -2.08. The Hall–Kier alpha value is -2.61. The van der Waals surface area contributed by atoms with Crippen LogP contribution < -0.4 is 5.32 Å². The summed E-state index contributed by atoms with van der Waals surface area (Å²) in [6, 6.07) is 7.34. The molecule has 0 radical (unpaired) electrons. The molecule has 1 heterocycles. The Morgan fingerprint density at radius 1 is 1.42 bits per heavy atom. The van der Waals surface area contributed by atoms with Crippen molar-refractivity contribution in [2.45, 2.75) is 13.3 Å². The van der Waals surface area contributed by atoms with Crippen molar-refractivity contribution < 1.29 is 4.92 Å². The lowest BCUT2D eigenvalue weighted by atomic mass is 10.1. The zero-order valence-corrected chi connectivity index (χ0v) is 10.5. The van der Waals surface area contributed by atoms with E-state index in [-0.39, 0.29) is 5.69 Å². The monoisotopic (exact) mass is 255 g/mol. The second-order valence-corrected chi connectivity index (χ2v) is 3.90. The molecule has 2 rings (SSSR count). The predicted molar refractivity (Wildman–Crippen MR) is 75.0 cm³/mol. The van der Waals surface area contributed by atoms with Crippen molar-refractivity contribution in [3.8, 4) is 11.8 Å². The lowest BCUT2D eigenvalue weighted by Crippen LogP contribution is -2.05. The van der Waals surface area contributed by atoms with Crippen LogP contribution in [0.15, 0.2) is 30.5 Å². The molecule has 0 aliphatic heterocycles. The van der Waals surface area contributed by atoms with Gasteiger partial charge in [0.15, 0.2) is 0 Å². The van der Waals surface area contributed by atoms with Gasteiger partial charge in [0.1, 0.15) is 11.9 Å². The first-order chi connectivity index (χ1) is 9.24. The van der Waals surface area contributed by atoms with Gasteiger partial charge in [-0.25, -0.2) is 4.98 Å². The average Bonchev–Trinajstić information content (AvgIpc) is 2.43. The zero-order chi connectivity index (χ0) is 13.7. The van der Waals surface area contributed by atoms with Crippen LogP contribution >= 0.6 is 0 Å². The smallest absolute Gasteiger partial charge is 0.311 e. The van der Waals surface area contributed by atoms with E-state index in [2.05, 4.69) is 22.1 Å². The number of aromatic nitrogens is 1. The van der Waals surface area contributed by atoms with Crippen LogP contribution in [0.4, 0.5) is 11.4 Å². The topological polar surface area (TPSA) is 68.1 Å². The van der Waals surface area contributed by atoms with E-state index in [0.29, 0.717) is 18.7 Å². The number of rotatable bonds is 4. The van der Waals surface area contributed by atoms with E-state index < -0.39 is 4.92 Å². The number of para-hydroxylation sites is 1. The first-order valence-corrected chi connectivity index (χ1v) is 5.89. The molecule has 1 aromatic heterocycles. The Kier molecular flexibility index (Phi) is 3.94. The molecule has 1 aromatic carbocycles. The minimum atomic E-state index is -0.423. The molecule has 0 fully saturated rings. The fraction of sp³-hybridized carbons (Fsp3) is 0.214. The minimum Gasteiger partial charge on any atom is -0.378 e. The normalized spacial score (nSPS) is 9.74. The summed E-state index contributed by atoms with van der Waals surface area (Å²) in [7, 11) is 0. The number of hydrogen-bond acceptors (Lipinski definition) is 4. The zero-order valence-electron chi connectivity index (χ0n) is 10.5. The molecule has 0 saturated heterocycles. The molecule has 1 N–H and O–H groups in total. The molecule has 0 spiro atoms. The van der Waals surface area contributed by atoms with Crippen molar-refractivity contribution in [1.29, 1.82) is 0 Å². The van der Waals surface area contributed by atoms with Crippen LogP contribution in [0.1, 0.15) is 13.3 Å². The summed E-state index contributed by atoms with van der Waals surface area (Å²) < 4.78 is 0. The van der Waals surface area contributed by atoms with Gasteiger partial charge in [-0.15, -0.1) is 11.8 Å². The first-order valence-electron chi connectivity index (χ1n) is 5.89. The summed E-state index contributed by atoms with van der Waals surface area (Å²) in [5.41, 5.74) is 1.23. The highest BCUT2D eigenvalue weighted by molar-refractivity contribution is 5.95. The van der Waals surface area contributed by atoms with Crippen molar-refractivity contribution >= 4 is 22.3 Å². The van der Waals surface area contributed by atoms with Gasteiger partial charge in [-0.3, -0.25) is 10.1 Å². The number of pyridine rings is 1. The summed E-state index contributed by atoms with van der Waals surface area (Å²) in [6.07, 6.45) is 1.93. The quantitative estimate of drug-likeness (QED) is 0.394. The van der Waals surface area contributed by atoms with E-state index in [0.717, 1.165) is 10.9 Å². The number of benzene rings is 1. The third-order valence-electron chi connectivity index (χ3n) is 2.68. The summed E-state index contributed by atoms with van der Waals surface area (Å²) >= 11 is 0. The Bertz CT molecular complexity index is 671. The molecule has 2 aromatic rings. The number of fused-ring (bicyclic) bond motifs is 1. The maximum absolute atomic E-state index is 11.1. The van der Waals surface area contributed by atoms with Crippen LogP contribution in [0.25, 0.3) is 10.9 Å². The second kappa shape index (κ2) is 5.83. The molecule has 0 atom stereocenters. The number of hydrogen-bond donors (Lipinski definition) is 1. The summed E-state index contributed by atoms with van der Waals surface area (Å²) in [4.78, 5) is 14.7. The Balaban J connectivity index is 2.42. The van der Waals surface area contributed by atoms with Crippen LogP contribution in [0.5, 0.6) is 0 Å². The Morgan fingerprint density at radius 3 is 2.95 bits per heavy atom. The first kappa shape index (κ1) is 12.8. The summed E-state index contributed by atoms with van der Waals surface area (Å²) in [5, 5.41) is 14.9. The SMILES string of the molecule is CC#CCCNc1c([N+](=O)[O-])cnc2ccccc12. The molecule has 0 amide bonds. The molecule has 0 aliphatic carbocycles. The molecule has 96 valence electrons. The van der Waals surface area contributed by atoms with Gasteiger partial charge in [0.05, 0.1) is 10.4 Å². The van der Waals surface area contributed by atoms with Crippen molar-refractivity contribution in [2.75, 3.05) is 11.9 Å². The van der Waals surface area contributed by atoms with Crippen molar-refractivity contribution in [3.63, 3.8) is 0 Å². The van der Waals surface area contributed by atoms with Crippen LogP contribution in [-0.4, -0.2) is 16.5 Å². The van der Waals surface area contributed by atoms with Crippen LogP contribution in [0.3, 0.4) is 0 Å². The van der Waals surface area contributed by atoms with Gasteiger partial charge in [0.2, 0.25) is 0 Å². The van der Waals surface area contributed by atoms with Gasteiger partial charge in [-0.1, -0.05) is 18.2 Å². The molecule has 0 bridgehead atoms. The molecule has 5 nitrogen and oxygen atoms in total. The van der Waals surface area contributed by atoms with Gasteiger partial charge >= 0.3 is 5.69 Å². The van der Waals surface area contributed by atoms with Crippen molar-refractivity contribution in [2.24, 2.45) is 0 Å². The van der Waals surface area contributed by atoms with Crippen molar-refractivity contribution in [3.05, 3.63) is 40.6 Å². The molecule has 0 saturated carbocycles. The highest BCUT2D eigenvalue weighted by atomic mass is 16.6. The third-order valence-corrected chi connectivity index (χ3v) is 2.68. The molecular formula is C14H13N3O2. The molecule has 19 heavy (non-hydrogen) atoms. The van der Waals surface area contributed by atoms with E-state index in [9.17, 15) is 10.1 Å². The van der Waals surface area contributed by atoms with Crippen LogP contribution in [-0.2, 0) is 0 Å². The number of nitro groups is 1. The van der Waals surface area contributed by atoms with Gasteiger partial charge in [-0.05, 0) is 13.0 Å². The predicted octanol–water partition coefficient (Wildman–Crippen LogP) is 2.97. The second-order valence-electron chi connectivity index (χ2n) is 3.90. The standard InChI is InChI=1S/C14H13N3O2/c1-2-3-6-9-15-14-11-7-4-5-8-12(11)16-10-13(14)17(18)19/h4-5,7-8,10H,6,9H2,1H3,(H,15,16). The Morgan fingerprint density at radius 2 is 2.21 bits per heavy atom. The molecule has 0 unspecified atom stereocenters. The van der Waals surface area contributed by atoms with E-state index in [1.807, 2.05) is 24.3 Å². The van der Waals surface area contributed by atoms with Crippen LogP contribution in [0.2, 0.25) is 0 Å². The number of nitrogens with one attached hydrogen (secondary N) is 1. The lowest BCUT2D eigenvalue weighted by molar-refractivity contribution is -0.384. The van der Waals surface area contributed by atoms with Gasteiger partial charge in [0.25, 0.3) is 0 Å². The fourth-order valence-electron chi connectivity index (χ4n) is 1.83. The largest absolute Gasteiger partial charge is 0.378 e. The molecule has 5 heteroatoms. The highest BCUT2D eigenvalue weighted by Gasteiger charge is 2.17. The number of nitrogens with zero attached hydrogens (tertiary/aromatic N) is 2. The highest BCUT2D eigenvalue weighted by Crippen LogP contribution is 2.31. The Labute approximate surface area is 110 Å². The van der Waals surface area contributed by atoms with E-state index in [1.165, 1.54) is 6.20 Å².